The van der Waals surface area contributed by atoms with Crippen LogP contribution in [0, 0.1) is 39.7 Å². The van der Waals surface area contributed by atoms with Gasteiger partial charge in [0.2, 0.25) is 11.8 Å². The number of ether oxygens (including phenoxy) is 1. The predicted molar refractivity (Wildman–Crippen MR) is 171 cm³/mol. The number of H-pyrrole nitrogens is 1. The van der Waals surface area contributed by atoms with Crippen molar-refractivity contribution in [3.63, 3.8) is 0 Å². The van der Waals surface area contributed by atoms with E-state index in [4.69, 9.17) is 16.3 Å². The number of hydrogen-bond donors (Lipinski definition) is 1. The van der Waals surface area contributed by atoms with Gasteiger partial charge in [-0.3, -0.25) is 24.5 Å². The van der Waals surface area contributed by atoms with Gasteiger partial charge in [-0.2, -0.15) is 13.2 Å². The highest BCUT2D eigenvalue weighted by Gasteiger charge is 2.70. The molecule has 7 atom stereocenters. The lowest BCUT2D eigenvalue weighted by molar-refractivity contribution is -0.385. The number of carbonyl (C=O) groups is 2. The SMILES string of the molecule is O=C1C2C(C(=O)N1c1ccccc1C(F)(F)F)[C@@H]1C[C@H]2C2Sc3[nH]c(=O)sc3C(c3cc([N+](=O)[O-])ccc3OCc3ccc(Cl)cc3)C21. The summed E-state index contributed by atoms with van der Waals surface area (Å²) in [7, 11) is 0. The Hall–Kier alpha value is -4.14. The molecule has 4 aliphatic rings. The fourth-order valence-corrected chi connectivity index (χ4v) is 11.3. The highest BCUT2D eigenvalue weighted by molar-refractivity contribution is 8.00. The number of anilines is 1. The number of aromatic nitrogens is 1. The molecule has 2 amide bonds. The summed E-state index contributed by atoms with van der Waals surface area (Å²) in [5, 5.41) is 12.8. The molecular weight excluding hydrogens is 691 g/mol. The molecule has 0 spiro atoms. The number of nitrogens with zero attached hydrogens (tertiary/aromatic N) is 2. The number of para-hydroxylation sites is 1. The van der Waals surface area contributed by atoms with E-state index in [1.807, 2.05) is 0 Å². The number of aromatic amines is 1. The van der Waals surface area contributed by atoms with Gasteiger partial charge < -0.3 is 9.72 Å². The monoisotopic (exact) mass is 713 g/mol. The number of hydrogen-bond acceptors (Lipinski definition) is 8. The Morgan fingerprint density at radius 2 is 1.71 bits per heavy atom. The first-order valence-electron chi connectivity index (χ1n) is 15.0. The lowest BCUT2D eigenvalue weighted by Gasteiger charge is -2.43. The number of nitro benzene ring substituents is 1. The third kappa shape index (κ3) is 4.78. The minimum Gasteiger partial charge on any atom is -0.489 e. The van der Waals surface area contributed by atoms with E-state index in [2.05, 4.69) is 4.98 Å². The topological polar surface area (TPSA) is 123 Å². The van der Waals surface area contributed by atoms with Gasteiger partial charge in [-0.1, -0.05) is 47.2 Å². The van der Waals surface area contributed by atoms with Crippen LogP contribution in [0.4, 0.5) is 24.5 Å². The molecule has 15 heteroatoms. The second-order valence-electron chi connectivity index (χ2n) is 12.4. The van der Waals surface area contributed by atoms with E-state index in [0.717, 1.165) is 29.0 Å². The molecule has 2 aliphatic carbocycles. The van der Waals surface area contributed by atoms with Crippen LogP contribution in [-0.4, -0.2) is 27.0 Å². The Bertz CT molecular complexity index is 2070. The summed E-state index contributed by atoms with van der Waals surface area (Å²) in [6.45, 7) is 0.116. The van der Waals surface area contributed by atoms with Gasteiger partial charge in [-0.05, 0) is 60.1 Å². The predicted octanol–water partition coefficient (Wildman–Crippen LogP) is 7.27. The standard InChI is InChI=1S/C33H23ClF3N3O6S2/c34-15-7-5-14(6-8-15)13-46-22-10-9-16(40(44)45)11-17(22)23-24-18-12-19(27(24)47-29-28(23)48-32(43)38-29)26-25(18)30(41)39(31(26)42)21-4-2-1-3-20(21)33(35,36)37/h1-11,18-19,23-27H,12-13H2,(H,38,43)/t18-,19-,23?,24?,25?,26?,27?/m1/s1. The highest BCUT2D eigenvalue weighted by atomic mass is 35.5. The lowest BCUT2D eigenvalue weighted by Crippen LogP contribution is -2.42. The number of non-ortho nitro benzene ring substituents is 1. The van der Waals surface area contributed by atoms with Crippen molar-refractivity contribution in [2.24, 2.45) is 29.6 Å². The van der Waals surface area contributed by atoms with E-state index in [1.165, 1.54) is 42.1 Å². The van der Waals surface area contributed by atoms with Crippen LogP contribution in [0.1, 0.15) is 33.9 Å². The zero-order valence-electron chi connectivity index (χ0n) is 24.5. The number of imide groups is 1. The number of thioether (sulfide) groups is 1. The van der Waals surface area contributed by atoms with Crippen LogP contribution in [0.3, 0.4) is 0 Å². The highest BCUT2D eigenvalue weighted by Crippen LogP contribution is 2.69. The molecule has 5 unspecified atom stereocenters. The third-order valence-electron chi connectivity index (χ3n) is 10.0. The zero-order chi connectivity index (χ0) is 33.6. The average Bonchev–Trinajstić information content (AvgIpc) is 3.79. The first-order valence-corrected chi connectivity index (χ1v) is 17.1. The normalized spacial score (nSPS) is 27.2. The fourth-order valence-electron chi connectivity index (χ4n) is 8.28. The number of thiazole rings is 1. The zero-order valence-corrected chi connectivity index (χ0v) is 26.9. The van der Waals surface area contributed by atoms with E-state index < -0.39 is 57.8 Å². The Morgan fingerprint density at radius 1 is 1.00 bits per heavy atom. The van der Waals surface area contributed by atoms with Gasteiger partial charge >= 0.3 is 11.0 Å². The summed E-state index contributed by atoms with van der Waals surface area (Å²) >= 11 is 8.41. The van der Waals surface area contributed by atoms with Crippen molar-refractivity contribution in [3.8, 4) is 5.75 Å². The van der Waals surface area contributed by atoms with Crippen LogP contribution in [0.15, 0.2) is 76.6 Å². The minimum atomic E-state index is -4.78. The first kappa shape index (κ1) is 31.1. The molecule has 8 rings (SSSR count). The molecule has 3 aromatic carbocycles. The molecule has 1 aromatic heterocycles. The van der Waals surface area contributed by atoms with Crippen LogP contribution in [0.2, 0.25) is 5.02 Å². The summed E-state index contributed by atoms with van der Waals surface area (Å²) in [6.07, 6.45) is -4.30. The van der Waals surface area contributed by atoms with Gasteiger partial charge in [0.1, 0.15) is 12.4 Å². The van der Waals surface area contributed by atoms with Crippen molar-refractivity contribution in [2.75, 3.05) is 4.90 Å². The largest absolute Gasteiger partial charge is 0.489 e. The van der Waals surface area contributed by atoms with Crippen LogP contribution in [0.25, 0.3) is 0 Å². The van der Waals surface area contributed by atoms with Crippen molar-refractivity contribution < 1.29 is 32.4 Å². The lowest BCUT2D eigenvalue weighted by atomic mass is 9.68. The van der Waals surface area contributed by atoms with E-state index in [0.29, 0.717) is 37.6 Å². The summed E-state index contributed by atoms with van der Waals surface area (Å²) in [5.41, 5.74) is -0.482. The fraction of sp³-hybridized carbons (Fsp3) is 0.303. The van der Waals surface area contributed by atoms with Crippen LogP contribution >= 0.6 is 34.7 Å². The van der Waals surface area contributed by atoms with Gasteiger partial charge in [-0.15, -0.1) is 11.8 Å². The van der Waals surface area contributed by atoms with Crippen molar-refractivity contribution >= 4 is 57.9 Å². The van der Waals surface area contributed by atoms with Gasteiger partial charge in [0.25, 0.3) is 5.69 Å². The number of rotatable bonds is 6. The van der Waals surface area contributed by atoms with Crippen molar-refractivity contribution in [3.05, 3.63) is 113 Å². The molecule has 9 nitrogen and oxygen atoms in total. The number of fused-ring (bicyclic) bond motifs is 9. The molecule has 2 saturated carbocycles. The average molecular weight is 714 g/mol. The molecule has 3 heterocycles. The number of nitro groups is 1. The van der Waals surface area contributed by atoms with E-state index >= 15 is 0 Å². The van der Waals surface area contributed by atoms with Crippen molar-refractivity contribution in [2.45, 2.75) is 35.4 Å². The summed E-state index contributed by atoms with van der Waals surface area (Å²) in [4.78, 5) is 56.1. The second-order valence-corrected chi connectivity index (χ2v) is 15.0. The molecule has 0 radical (unpaired) electrons. The molecular formula is C33H23ClF3N3O6S2. The maximum Gasteiger partial charge on any atom is 0.418 e. The van der Waals surface area contributed by atoms with Gasteiger partial charge in [0.15, 0.2) is 0 Å². The molecule has 1 saturated heterocycles. The van der Waals surface area contributed by atoms with E-state index in [-0.39, 0.29) is 34.3 Å². The van der Waals surface area contributed by atoms with Gasteiger partial charge in [-0.25, -0.2) is 4.90 Å². The number of nitrogens with one attached hydrogen (secondary N) is 1. The summed E-state index contributed by atoms with van der Waals surface area (Å²) < 4.78 is 48.3. The molecule has 2 bridgehead atoms. The van der Waals surface area contributed by atoms with E-state index in [1.54, 1.807) is 24.3 Å². The summed E-state index contributed by atoms with van der Waals surface area (Å²) in [6, 6.07) is 15.9. The number of halogens is 4. The number of alkyl halides is 3. The Kier molecular flexibility index (Phi) is 7.27. The Balaban J connectivity index is 1.22. The minimum absolute atomic E-state index is 0.116. The maximum absolute atomic E-state index is 14.1. The Labute approximate surface area is 283 Å². The number of amides is 2. The van der Waals surface area contributed by atoms with Crippen LogP contribution in [-0.2, 0) is 22.4 Å². The Morgan fingerprint density at radius 3 is 2.42 bits per heavy atom. The molecule has 246 valence electrons. The first-order chi connectivity index (χ1) is 22.9. The third-order valence-corrected chi connectivity index (χ3v) is 12.9. The van der Waals surface area contributed by atoms with Crippen molar-refractivity contribution in [1.29, 1.82) is 0 Å². The van der Waals surface area contributed by atoms with E-state index in [9.17, 15) is 37.7 Å². The molecule has 3 fully saturated rings. The summed E-state index contributed by atoms with van der Waals surface area (Å²) in [5.74, 6) is -4.47. The quantitative estimate of drug-likeness (QED) is 0.127. The van der Waals surface area contributed by atoms with Gasteiger partial charge in [0, 0.05) is 38.8 Å². The van der Waals surface area contributed by atoms with Crippen molar-refractivity contribution in [1.82, 2.24) is 4.98 Å². The molecule has 2 aliphatic heterocycles. The smallest absolute Gasteiger partial charge is 0.418 e. The second kappa shape index (κ2) is 11.2. The van der Waals surface area contributed by atoms with Crippen LogP contribution in [0.5, 0.6) is 5.75 Å². The maximum atomic E-state index is 14.1. The van der Waals surface area contributed by atoms with Gasteiger partial charge in [0.05, 0.1) is 33.0 Å². The molecule has 1 N–H and O–H groups in total. The number of carbonyl (C=O) groups excluding carboxylic acids is 2. The molecule has 48 heavy (non-hydrogen) atoms. The molecule has 4 aromatic rings. The number of benzene rings is 3. The van der Waals surface area contributed by atoms with Crippen LogP contribution < -0.4 is 14.5 Å².